The van der Waals surface area contributed by atoms with Crippen molar-refractivity contribution in [3.8, 4) is 11.3 Å². The molecule has 0 bridgehead atoms. The van der Waals surface area contributed by atoms with Gasteiger partial charge in [0.2, 0.25) is 11.2 Å². The number of carbonyl (C=O) groups excluding carboxylic acids is 1. The number of nitrogens with one attached hydrogen (secondary N) is 2. The van der Waals surface area contributed by atoms with Gasteiger partial charge in [-0.05, 0) is 38.1 Å². The van der Waals surface area contributed by atoms with E-state index < -0.39 is 16.8 Å². The molecular weight excluding hydrogens is 392 g/mol. The summed E-state index contributed by atoms with van der Waals surface area (Å²) >= 11 is 5.93. The Morgan fingerprint density at radius 3 is 2.52 bits per heavy atom. The number of nitrogens with zero attached hydrogens (tertiary/aromatic N) is 2. The maximum Gasteiger partial charge on any atom is 0.275 e. The van der Waals surface area contributed by atoms with Gasteiger partial charge in [0, 0.05) is 29.0 Å². The molecule has 146 valence electrons. The lowest BCUT2D eigenvalue weighted by atomic mass is 10.00. The van der Waals surface area contributed by atoms with Gasteiger partial charge in [0.1, 0.15) is 11.2 Å². The minimum Gasteiger partial charge on any atom is -0.332 e. The van der Waals surface area contributed by atoms with Crippen molar-refractivity contribution < 1.29 is 4.79 Å². The number of hydrogen-bond donors (Lipinski definition) is 2. The Kier molecular flexibility index (Phi) is 4.68. The van der Waals surface area contributed by atoms with Crippen molar-refractivity contribution in [2.24, 2.45) is 0 Å². The van der Waals surface area contributed by atoms with Crippen molar-refractivity contribution in [2.75, 3.05) is 0 Å². The van der Waals surface area contributed by atoms with Crippen molar-refractivity contribution in [3.63, 3.8) is 0 Å². The molecule has 0 aliphatic heterocycles. The monoisotopic (exact) mass is 408 g/mol. The first-order valence-corrected chi connectivity index (χ1v) is 9.40. The molecule has 3 aromatic heterocycles. The number of aromatic amines is 2. The van der Waals surface area contributed by atoms with Gasteiger partial charge in [-0.3, -0.25) is 24.6 Å². The fourth-order valence-electron chi connectivity index (χ4n) is 3.30. The molecule has 2 N–H and O–H groups in total. The van der Waals surface area contributed by atoms with Crippen LogP contribution < -0.4 is 11.0 Å². The van der Waals surface area contributed by atoms with Crippen LogP contribution in [0.25, 0.3) is 22.3 Å². The van der Waals surface area contributed by atoms with Crippen molar-refractivity contribution in [1.82, 2.24) is 19.7 Å². The van der Waals surface area contributed by atoms with E-state index in [-0.39, 0.29) is 11.1 Å². The molecule has 4 aromatic rings. The molecule has 0 unspecified atom stereocenters. The van der Waals surface area contributed by atoms with Crippen molar-refractivity contribution in [3.05, 3.63) is 85.0 Å². The number of aryl methyl sites for hydroxylation is 2. The molecule has 7 nitrogen and oxygen atoms in total. The van der Waals surface area contributed by atoms with E-state index in [1.54, 1.807) is 41.0 Å². The van der Waals surface area contributed by atoms with E-state index in [2.05, 4.69) is 15.2 Å². The van der Waals surface area contributed by atoms with Gasteiger partial charge in [-0.15, -0.1) is 0 Å². The highest BCUT2D eigenvalue weighted by molar-refractivity contribution is 6.30. The molecule has 8 heteroatoms. The normalized spacial score (nSPS) is 11.1. The van der Waals surface area contributed by atoms with Gasteiger partial charge in [0.05, 0.1) is 16.6 Å². The van der Waals surface area contributed by atoms with Crippen LogP contribution in [0.1, 0.15) is 28.5 Å². The third-order valence-corrected chi connectivity index (χ3v) is 5.04. The number of aromatic nitrogens is 4. The number of pyridine rings is 2. The lowest BCUT2D eigenvalue weighted by molar-refractivity contribution is 0.103. The zero-order chi connectivity index (χ0) is 20.7. The zero-order valence-electron chi connectivity index (χ0n) is 15.7. The molecule has 0 amide bonds. The van der Waals surface area contributed by atoms with Crippen molar-refractivity contribution >= 4 is 28.4 Å². The molecule has 1 aromatic carbocycles. The van der Waals surface area contributed by atoms with Gasteiger partial charge in [-0.25, -0.2) is 4.98 Å². The lowest BCUT2D eigenvalue weighted by Crippen LogP contribution is -2.23. The average Bonchev–Trinajstić information content (AvgIpc) is 3.09. The lowest BCUT2D eigenvalue weighted by Gasteiger charge is -2.11. The third-order valence-electron chi connectivity index (χ3n) is 4.78. The first-order chi connectivity index (χ1) is 13.9. The van der Waals surface area contributed by atoms with E-state index in [0.717, 1.165) is 5.69 Å². The standard InChI is InChI=1S/C21H17ClN4O3/c1-3-26-10-15(18(27)14-9-4-11(2)23-20(14)26)19(28)16-17(24-25-21(16)29)12-5-7-13(22)8-6-12/h4-10H,3H2,1-2H3,(H2,24,25,29). The second-order valence-corrected chi connectivity index (χ2v) is 7.08. The fraction of sp³-hybridized carbons (Fsp3) is 0.143. The van der Waals surface area contributed by atoms with Crippen LogP contribution in [0.3, 0.4) is 0 Å². The van der Waals surface area contributed by atoms with Crippen LogP contribution in [0.4, 0.5) is 0 Å². The van der Waals surface area contributed by atoms with Gasteiger partial charge in [-0.2, -0.15) is 0 Å². The molecule has 0 fully saturated rings. The Morgan fingerprint density at radius 2 is 1.83 bits per heavy atom. The Balaban J connectivity index is 1.94. The van der Waals surface area contributed by atoms with Crippen LogP contribution in [0.15, 0.2) is 52.2 Å². The summed E-state index contributed by atoms with van der Waals surface area (Å²) in [5.41, 5.74) is 0.942. The van der Waals surface area contributed by atoms with E-state index >= 15 is 0 Å². The van der Waals surface area contributed by atoms with Crippen molar-refractivity contribution in [1.29, 1.82) is 0 Å². The molecule has 0 atom stereocenters. The topological polar surface area (TPSA) is 101 Å². The van der Waals surface area contributed by atoms with Gasteiger partial charge in [0.15, 0.2) is 0 Å². The minimum absolute atomic E-state index is 0.0784. The predicted octanol–water partition coefficient (Wildman–Crippen LogP) is 3.29. The second kappa shape index (κ2) is 7.18. The number of hydrogen-bond acceptors (Lipinski definition) is 4. The van der Waals surface area contributed by atoms with Crippen LogP contribution in [-0.2, 0) is 6.54 Å². The number of H-pyrrole nitrogens is 2. The highest BCUT2D eigenvalue weighted by Gasteiger charge is 2.24. The second-order valence-electron chi connectivity index (χ2n) is 6.65. The van der Waals surface area contributed by atoms with E-state index in [9.17, 15) is 14.4 Å². The summed E-state index contributed by atoms with van der Waals surface area (Å²) in [5, 5.41) is 6.04. The smallest absolute Gasteiger partial charge is 0.275 e. The Bertz CT molecular complexity index is 1360. The third kappa shape index (κ3) is 3.19. The Hall–Kier alpha value is -3.45. The molecule has 3 heterocycles. The SMILES string of the molecule is CCn1cc(C(=O)c2c(-c3ccc(Cl)cc3)[nH][nH]c2=O)c(=O)c2ccc(C)nc21. The number of halogens is 1. The largest absolute Gasteiger partial charge is 0.332 e. The van der Waals surface area contributed by atoms with Crippen LogP contribution in [0, 0.1) is 6.92 Å². The summed E-state index contributed by atoms with van der Waals surface area (Å²) in [6.45, 7) is 4.24. The first-order valence-electron chi connectivity index (χ1n) is 9.02. The molecule has 0 saturated heterocycles. The summed E-state index contributed by atoms with van der Waals surface area (Å²) in [5.74, 6) is -0.646. The maximum absolute atomic E-state index is 13.3. The molecule has 4 rings (SSSR count). The number of benzene rings is 1. The van der Waals surface area contributed by atoms with E-state index in [1.165, 1.54) is 6.20 Å². The molecule has 0 spiro atoms. The summed E-state index contributed by atoms with van der Waals surface area (Å²) < 4.78 is 1.74. The van der Waals surface area contributed by atoms with Gasteiger partial charge in [0.25, 0.3) is 5.56 Å². The average molecular weight is 409 g/mol. The quantitative estimate of drug-likeness (QED) is 0.506. The Morgan fingerprint density at radius 1 is 1.10 bits per heavy atom. The van der Waals surface area contributed by atoms with Crippen LogP contribution in [0.2, 0.25) is 5.02 Å². The fourth-order valence-corrected chi connectivity index (χ4v) is 3.43. The first kappa shape index (κ1) is 18.9. The molecule has 29 heavy (non-hydrogen) atoms. The van der Waals surface area contributed by atoms with Gasteiger partial charge in [-0.1, -0.05) is 23.7 Å². The van der Waals surface area contributed by atoms with E-state index in [0.29, 0.717) is 33.9 Å². The highest BCUT2D eigenvalue weighted by atomic mass is 35.5. The predicted molar refractivity (Wildman–Crippen MR) is 112 cm³/mol. The Labute approximate surface area is 170 Å². The van der Waals surface area contributed by atoms with E-state index in [1.807, 2.05) is 13.8 Å². The molecule has 0 aliphatic carbocycles. The number of fused-ring (bicyclic) bond motifs is 1. The number of carbonyl (C=O) groups is 1. The summed E-state index contributed by atoms with van der Waals surface area (Å²) in [6.07, 6.45) is 1.47. The van der Waals surface area contributed by atoms with Gasteiger partial charge < -0.3 is 4.57 Å². The number of ketones is 1. The van der Waals surface area contributed by atoms with Crippen LogP contribution >= 0.6 is 11.6 Å². The minimum atomic E-state index is -0.646. The maximum atomic E-state index is 13.3. The summed E-state index contributed by atoms with van der Waals surface area (Å²) in [7, 11) is 0. The molecular formula is C21H17ClN4O3. The zero-order valence-corrected chi connectivity index (χ0v) is 16.5. The number of rotatable bonds is 4. The van der Waals surface area contributed by atoms with Crippen LogP contribution in [0.5, 0.6) is 0 Å². The van der Waals surface area contributed by atoms with Crippen molar-refractivity contribution in [2.45, 2.75) is 20.4 Å². The molecule has 0 aliphatic rings. The highest BCUT2D eigenvalue weighted by Crippen LogP contribution is 2.23. The van der Waals surface area contributed by atoms with E-state index in [4.69, 9.17) is 11.6 Å². The van der Waals surface area contributed by atoms with Gasteiger partial charge >= 0.3 is 0 Å². The summed E-state index contributed by atoms with van der Waals surface area (Å²) in [6, 6.07) is 10.1. The van der Waals surface area contributed by atoms with Crippen LogP contribution in [-0.4, -0.2) is 25.5 Å². The molecule has 0 radical (unpaired) electrons. The molecule has 0 saturated carbocycles. The summed E-state index contributed by atoms with van der Waals surface area (Å²) in [4.78, 5) is 43.2.